The quantitative estimate of drug-likeness (QED) is 0.772. The van der Waals surface area contributed by atoms with Crippen molar-refractivity contribution in [2.75, 3.05) is 0 Å². The van der Waals surface area contributed by atoms with Crippen molar-refractivity contribution < 1.29 is 24.5 Å². The lowest BCUT2D eigenvalue weighted by Gasteiger charge is -2.15. The number of hydrogen-bond acceptors (Lipinski definition) is 4. The smallest absolute Gasteiger partial charge is 0.338 e. The van der Waals surface area contributed by atoms with Crippen molar-refractivity contribution in [2.45, 2.75) is 26.1 Å². The summed E-state index contributed by atoms with van der Waals surface area (Å²) in [6.45, 7) is 3.10. The first-order valence-corrected chi connectivity index (χ1v) is 5.14. The number of carboxylic acid groups (broad SMARTS) is 1. The molecule has 92 valence electrons. The summed E-state index contributed by atoms with van der Waals surface area (Å²) in [5, 5.41) is 17.9. The molecule has 0 radical (unpaired) electrons. The average molecular weight is 238 g/mol. The zero-order valence-electron chi connectivity index (χ0n) is 9.58. The third-order valence-electron chi connectivity index (χ3n) is 2.34. The van der Waals surface area contributed by atoms with E-state index in [9.17, 15) is 14.7 Å². The maximum absolute atomic E-state index is 11.6. The number of aliphatic hydroxyl groups excluding tert-OH is 1. The number of aromatic carboxylic acids is 1. The summed E-state index contributed by atoms with van der Waals surface area (Å²) in [4.78, 5) is 22.2. The molecular weight excluding hydrogens is 224 g/mol. The predicted molar refractivity (Wildman–Crippen MR) is 60.0 cm³/mol. The summed E-state index contributed by atoms with van der Waals surface area (Å²) < 4.78 is 4.96. The molecule has 0 spiro atoms. The van der Waals surface area contributed by atoms with E-state index in [1.807, 2.05) is 0 Å². The van der Waals surface area contributed by atoms with Crippen molar-refractivity contribution in [3.8, 4) is 0 Å². The van der Waals surface area contributed by atoms with Crippen LogP contribution in [0.2, 0.25) is 0 Å². The van der Waals surface area contributed by atoms with Crippen molar-refractivity contribution in [1.82, 2.24) is 0 Å². The van der Waals surface area contributed by atoms with Gasteiger partial charge in [0.1, 0.15) is 6.10 Å². The Morgan fingerprint density at radius 1 is 1.12 bits per heavy atom. The van der Waals surface area contributed by atoms with Gasteiger partial charge >= 0.3 is 11.9 Å². The van der Waals surface area contributed by atoms with E-state index in [2.05, 4.69) is 0 Å². The van der Waals surface area contributed by atoms with Crippen LogP contribution in [0.5, 0.6) is 0 Å². The Bertz CT molecular complexity index is 407. The summed E-state index contributed by atoms with van der Waals surface area (Å²) in [6.07, 6.45) is -1.36. The van der Waals surface area contributed by atoms with Crippen molar-refractivity contribution in [1.29, 1.82) is 0 Å². The highest BCUT2D eigenvalue weighted by molar-refractivity contribution is 5.92. The van der Waals surface area contributed by atoms with E-state index in [4.69, 9.17) is 9.84 Å². The number of benzene rings is 1. The number of ether oxygens (including phenoxy) is 1. The van der Waals surface area contributed by atoms with E-state index >= 15 is 0 Å². The van der Waals surface area contributed by atoms with Gasteiger partial charge in [-0.3, -0.25) is 0 Å². The second-order valence-electron chi connectivity index (χ2n) is 3.73. The van der Waals surface area contributed by atoms with Gasteiger partial charge < -0.3 is 14.9 Å². The lowest BCUT2D eigenvalue weighted by atomic mass is 10.1. The molecule has 5 nitrogen and oxygen atoms in total. The van der Waals surface area contributed by atoms with Gasteiger partial charge in [0.05, 0.1) is 17.2 Å². The fourth-order valence-corrected chi connectivity index (χ4v) is 1.08. The number of carbonyl (C=O) groups excluding carboxylic acids is 1. The molecule has 0 aliphatic rings. The maximum Gasteiger partial charge on any atom is 0.338 e. The van der Waals surface area contributed by atoms with Gasteiger partial charge in [0.25, 0.3) is 0 Å². The third kappa shape index (κ3) is 3.57. The van der Waals surface area contributed by atoms with E-state index in [0.29, 0.717) is 0 Å². The summed E-state index contributed by atoms with van der Waals surface area (Å²) in [5.74, 6) is -1.64. The summed E-state index contributed by atoms with van der Waals surface area (Å²) in [5.41, 5.74) is 0.354. The highest BCUT2D eigenvalue weighted by atomic mass is 16.6. The first-order valence-electron chi connectivity index (χ1n) is 5.14. The Kier molecular flexibility index (Phi) is 4.23. The number of esters is 1. The maximum atomic E-state index is 11.6. The van der Waals surface area contributed by atoms with Crippen LogP contribution < -0.4 is 0 Å². The number of carbonyl (C=O) groups is 2. The van der Waals surface area contributed by atoms with Gasteiger partial charge in [0, 0.05) is 0 Å². The molecule has 2 unspecified atom stereocenters. The molecular formula is C12H14O5. The summed E-state index contributed by atoms with van der Waals surface area (Å²) in [6, 6.07) is 5.40. The van der Waals surface area contributed by atoms with Crippen molar-refractivity contribution >= 4 is 11.9 Å². The van der Waals surface area contributed by atoms with Gasteiger partial charge in [-0.15, -0.1) is 0 Å². The highest BCUT2D eigenvalue weighted by Crippen LogP contribution is 2.08. The first kappa shape index (κ1) is 13.2. The summed E-state index contributed by atoms with van der Waals surface area (Å²) >= 11 is 0. The van der Waals surface area contributed by atoms with Crippen LogP contribution in [0, 0.1) is 0 Å². The molecule has 0 aromatic heterocycles. The largest absolute Gasteiger partial charge is 0.478 e. The lowest BCUT2D eigenvalue weighted by Crippen LogP contribution is -2.25. The van der Waals surface area contributed by atoms with E-state index in [0.717, 1.165) is 0 Å². The summed E-state index contributed by atoms with van der Waals surface area (Å²) in [7, 11) is 0. The Labute approximate surface area is 98.6 Å². The minimum absolute atomic E-state index is 0.102. The molecule has 1 rings (SSSR count). The molecule has 0 amide bonds. The fourth-order valence-electron chi connectivity index (χ4n) is 1.08. The second kappa shape index (κ2) is 5.45. The third-order valence-corrected chi connectivity index (χ3v) is 2.34. The number of carboxylic acids is 1. The van der Waals surface area contributed by atoms with Crippen LogP contribution in [0.15, 0.2) is 24.3 Å². The molecule has 0 aliphatic carbocycles. The molecule has 17 heavy (non-hydrogen) atoms. The molecule has 0 heterocycles. The molecule has 0 aliphatic heterocycles. The molecule has 0 saturated heterocycles. The molecule has 0 fully saturated rings. The van der Waals surface area contributed by atoms with Crippen molar-refractivity contribution in [3.05, 3.63) is 35.4 Å². The SMILES string of the molecule is CC(O)C(C)OC(=O)c1ccc(C(=O)O)cc1. The second-order valence-corrected chi connectivity index (χ2v) is 3.73. The van der Waals surface area contributed by atoms with Crippen LogP contribution >= 0.6 is 0 Å². The standard InChI is InChI=1S/C12H14O5/c1-7(13)8(2)17-12(16)10-5-3-9(4-6-10)11(14)15/h3-8,13H,1-2H3,(H,14,15). The normalized spacial score (nSPS) is 13.8. The zero-order valence-corrected chi connectivity index (χ0v) is 9.58. The van der Waals surface area contributed by atoms with Gasteiger partial charge in [0.2, 0.25) is 0 Å². The number of rotatable bonds is 4. The molecule has 2 atom stereocenters. The monoisotopic (exact) mass is 238 g/mol. The van der Waals surface area contributed by atoms with Crippen LogP contribution in [-0.2, 0) is 4.74 Å². The van der Waals surface area contributed by atoms with Gasteiger partial charge in [-0.1, -0.05) is 0 Å². The van der Waals surface area contributed by atoms with Crippen LogP contribution in [0.25, 0.3) is 0 Å². The molecule has 5 heteroatoms. The Morgan fingerprint density at radius 3 is 2.00 bits per heavy atom. The van der Waals surface area contributed by atoms with Crippen LogP contribution in [-0.4, -0.2) is 34.4 Å². The molecule has 1 aromatic rings. The minimum Gasteiger partial charge on any atom is -0.478 e. The van der Waals surface area contributed by atoms with Crippen molar-refractivity contribution in [3.63, 3.8) is 0 Å². The first-order chi connectivity index (χ1) is 7.91. The lowest BCUT2D eigenvalue weighted by molar-refractivity contribution is -0.00470. The van der Waals surface area contributed by atoms with E-state index < -0.39 is 24.1 Å². The van der Waals surface area contributed by atoms with Gasteiger partial charge in [-0.25, -0.2) is 9.59 Å². The van der Waals surface area contributed by atoms with Crippen molar-refractivity contribution in [2.24, 2.45) is 0 Å². The van der Waals surface area contributed by atoms with E-state index in [1.54, 1.807) is 6.92 Å². The number of aliphatic hydroxyl groups is 1. The highest BCUT2D eigenvalue weighted by Gasteiger charge is 2.16. The van der Waals surface area contributed by atoms with E-state index in [-0.39, 0.29) is 11.1 Å². The molecule has 0 bridgehead atoms. The topological polar surface area (TPSA) is 83.8 Å². The van der Waals surface area contributed by atoms with E-state index in [1.165, 1.54) is 31.2 Å². The van der Waals surface area contributed by atoms with Gasteiger partial charge in [-0.05, 0) is 38.1 Å². The average Bonchev–Trinajstić information content (AvgIpc) is 2.28. The van der Waals surface area contributed by atoms with Crippen LogP contribution in [0.4, 0.5) is 0 Å². The zero-order chi connectivity index (χ0) is 13.0. The van der Waals surface area contributed by atoms with Gasteiger partial charge in [0.15, 0.2) is 0 Å². The molecule has 0 saturated carbocycles. The Balaban J connectivity index is 2.73. The minimum atomic E-state index is -1.05. The molecule has 2 N–H and O–H groups in total. The Hall–Kier alpha value is -1.88. The Morgan fingerprint density at radius 2 is 1.59 bits per heavy atom. The predicted octanol–water partition coefficient (Wildman–Crippen LogP) is 1.31. The molecule has 1 aromatic carbocycles. The van der Waals surface area contributed by atoms with Gasteiger partial charge in [-0.2, -0.15) is 0 Å². The van der Waals surface area contributed by atoms with Crippen LogP contribution in [0.1, 0.15) is 34.6 Å². The number of hydrogen-bond donors (Lipinski definition) is 2. The van der Waals surface area contributed by atoms with Crippen LogP contribution in [0.3, 0.4) is 0 Å². The fraction of sp³-hybridized carbons (Fsp3) is 0.333.